The van der Waals surface area contributed by atoms with Crippen LogP contribution < -0.4 is 18.7 Å². The van der Waals surface area contributed by atoms with Gasteiger partial charge in [-0.2, -0.15) is 0 Å². The number of benzene rings is 3. The van der Waals surface area contributed by atoms with Gasteiger partial charge in [-0.1, -0.05) is 30.3 Å². The average Bonchev–Trinajstić information content (AvgIpc) is 2.92. The number of halogens is 1. The second-order valence-corrected chi connectivity index (χ2v) is 11.5. The highest BCUT2D eigenvalue weighted by molar-refractivity contribution is 7.92. The highest BCUT2D eigenvalue weighted by Crippen LogP contribution is 2.38. The van der Waals surface area contributed by atoms with Gasteiger partial charge in [-0.25, -0.2) is 12.8 Å². The quantitative estimate of drug-likeness (QED) is 0.410. The van der Waals surface area contributed by atoms with E-state index in [1.54, 1.807) is 11.0 Å². The van der Waals surface area contributed by atoms with E-state index in [0.29, 0.717) is 26.2 Å². The molecule has 1 fully saturated rings. The summed E-state index contributed by atoms with van der Waals surface area (Å²) in [4.78, 5) is 17.9. The van der Waals surface area contributed by atoms with Crippen molar-refractivity contribution in [2.24, 2.45) is 0 Å². The normalized spacial score (nSPS) is 13.8. The molecule has 3 aromatic rings. The molecule has 3 aromatic carbocycles. The zero-order valence-corrected chi connectivity index (χ0v) is 23.7. The van der Waals surface area contributed by atoms with Crippen LogP contribution in [0.4, 0.5) is 15.8 Å². The number of piperazine rings is 1. The average molecular weight is 556 g/mol. The molecule has 1 aliphatic rings. The first kappa shape index (κ1) is 28.2. The third kappa shape index (κ3) is 5.95. The monoisotopic (exact) mass is 555 g/mol. The molecule has 0 spiro atoms. The molecule has 1 heterocycles. The SMILES string of the molecule is COc1cc(C(=O)N2CCN(c3cccc(C)c3C)CC2)c(N(Cc2ccccc2F)S(C)(=O)=O)cc1OC. The van der Waals surface area contributed by atoms with Crippen LogP contribution in [-0.2, 0) is 16.6 Å². The highest BCUT2D eigenvalue weighted by Gasteiger charge is 2.31. The summed E-state index contributed by atoms with van der Waals surface area (Å²) in [7, 11) is -1.05. The fourth-order valence-corrected chi connectivity index (χ4v) is 5.69. The van der Waals surface area contributed by atoms with Crippen molar-refractivity contribution in [2.45, 2.75) is 20.4 Å². The van der Waals surface area contributed by atoms with Gasteiger partial charge in [0.05, 0.1) is 38.3 Å². The number of aryl methyl sites for hydroxylation is 1. The minimum Gasteiger partial charge on any atom is -0.493 e. The molecule has 8 nitrogen and oxygen atoms in total. The van der Waals surface area contributed by atoms with Crippen LogP contribution in [0.25, 0.3) is 0 Å². The van der Waals surface area contributed by atoms with E-state index >= 15 is 0 Å². The minimum atomic E-state index is -3.93. The number of ether oxygens (including phenoxy) is 2. The summed E-state index contributed by atoms with van der Waals surface area (Å²) in [5, 5.41) is 0. The topological polar surface area (TPSA) is 79.4 Å². The van der Waals surface area contributed by atoms with Crippen LogP contribution >= 0.6 is 0 Å². The second-order valence-electron chi connectivity index (χ2n) is 9.58. The Kier molecular flexibility index (Phi) is 8.34. The van der Waals surface area contributed by atoms with E-state index in [-0.39, 0.29) is 40.8 Å². The number of hydrogen-bond donors (Lipinski definition) is 0. The predicted octanol–water partition coefficient (Wildman–Crippen LogP) is 4.39. The Labute approximate surface area is 229 Å². The van der Waals surface area contributed by atoms with Crippen molar-refractivity contribution >= 4 is 27.3 Å². The van der Waals surface area contributed by atoms with Crippen molar-refractivity contribution in [3.05, 3.63) is 82.7 Å². The summed E-state index contributed by atoms with van der Waals surface area (Å²) in [5.74, 6) is -0.334. The van der Waals surface area contributed by atoms with E-state index in [1.165, 1.54) is 55.7 Å². The number of methoxy groups -OCH3 is 2. The van der Waals surface area contributed by atoms with E-state index < -0.39 is 15.8 Å². The van der Waals surface area contributed by atoms with Crippen LogP contribution in [0.2, 0.25) is 0 Å². The van der Waals surface area contributed by atoms with Crippen molar-refractivity contribution in [3.8, 4) is 11.5 Å². The summed E-state index contributed by atoms with van der Waals surface area (Å²) in [6.07, 6.45) is 1.03. The molecule has 0 aromatic heterocycles. The molecule has 1 amide bonds. The predicted molar refractivity (Wildman–Crippen MR) is 151 cm³/mol. The van der Waals surface area contributed by atoms with E-state index in [4.69, 9.17) is 9.47 Å². The van der Waals surface area contributed by atoms with Gasteiger partial charge < -0.3 is 19.3 Å². The first-order chi connectivity index (χ1) is 18.5. The number of anilines is 2. The molecule has 0 aliphatic carbocycles. The lowest BCUT2D eigenvalue weighted by molar-refractivity contribution is 0.0747. The molecule has 4 rings (SSSR count). The lowest BCUT2D eigenvalue weighted by Crippen LogP contribution is -2.49. The van der Waals surface area contributed by atoms with Crippen LogP contribution in [0.1, 0.15) is 27.0 Å². The first-order valence-corrected chi connectivity index (χ1v) is 14.5. The van der Waals surface area contributed by atoms with Gasteiger partial charge in [-0.05, 0) is 43.2 Å². The lowest BCUT2D eigenvalue weighted by atomic mass is 10.1. The van der Waals surface area contributed by atoms with Crippen molar-refractivity contribution in [2.75, 3.05) is 55.9 Å². The summed E-state index contributed by atoms with van der Waals surface area (Å²) in [6.45, 7) is 6.03. The number of nitrogens with zero attached hydrogens (tertiary/aromatic N) is 3. The minimum absolute atomic E-state index is 0.0976. The maximum atomic E-state index is 14.6. The molecule has 0 N–H and O–H groups in total. The third-order valence-corrected chi connectivity index (χ3v) is 8.28. The van der Waals surface area contributed by atoms with Gasteiger partial charge in [0.2, 0.25) is 10.0 Å². The van der Waals surface area contributed by atoms with Gasteiger partial charge in [0.1, 0.15) is 5.82 Å². The van der Waals surface area contributed by atoms with Gasteiger partial charge in [-0.3, -0.25) is 9.10 Å². The van der Waals surface area contributed by atoms with E-state index in [1.807, 2.05) is 6.07 Å². The largest absolute Gasteiger partial charge is 0.493 e. The number of sulfonamides is 1. The molecule has 0 saturated carbocycles. The number of amides is 1. The number of carbonyl (C=O) groups excluding carboxylic acids is 1. The van der Waals surface area contributed by atoms with Gasteiger partial charge in [0, 0.05) is 43.5 Å². The van der Waals surface area contributed by atoms with Gasteiger partial charge in [-0.15, -0.1) is 0 Å². The van der Waals surface area contributed by atoms with Crippen molar-refractivity contribution in [1.29, 1.82) is 0 Å². The number of rotatable bonds is 8. The summed E-state index contributed by atoms with van der Waals surface area (Å²) in [5.41, 5.74) is 3.96. The number of hydrogen-bond acceptors (Lipinski definition) is 6. The zero-order valence-electron chi connectivity index (χ0n) is 22.9. The van der Waals surface area contributed by atoms with Crippen LogP contribution in [-0.4, -0.2) is 65.9 Å². The van der Waals surface area contributed by atoms with Crippen LogP contribution in [0, 0.1) is 19.7 Å². The Morgan fingerprint density at radius 2 is 1.59 bits per heavy atom. The van der Waals surface area contributed by atoms with Gasteiger partial charge >= 0.3 is 0 Å². The lowest BCUT2D eigenvalue weighted by Gasteiger charge is -2.37. The first-order valence-electron chi connectivity index (χ1n) is 12.6. The molecule has 0 atom stereocenters. The Hall–Kier alpha value is -3.79. The summed E-state index contributed by atoms with van der Waals surface area (Å²) >= 11 is 0. The Bertz CT molecular complexity index is 1470. The molecule has 1 saturated heterocycles. The molecule has 0 radical (unpaired) electrons. The molecular weight excluding hydrogens is 521 g/mol. The summed E-state index contributed by atoms with van der Waals surface area (Å²) in [6, 6.07) is 15.1. The Morgan fingerprint density at radius 3 is 2.21 bits per heavy atom. The fourth-order valence-electron chi connectivity index (χ4n) is 4.81. The standard InChI is InChI=1S/C29H34FN3O5S/c1-20-9-8-12-25(21(20)2)31-13-15-32(16-14-31)29(34)23-17-27(37-3)28(38-4)18-26(23)33(39(5,35)36)19-22-10-6-7-11-24(22)30/h6-12,17-18H,13-16,19H2,1-5H3. The van der Waals surface area contributed by atoms with E-state index in [0.717, 1.165) is 16.2 Å². The zero-order chi connectivity index (χ0) is 28.3. The Morgan fingerprint density at radius 1 is 0.949 bits per heavy atom. The van der Waals surface area contributed by atoms with Crippen molar-refractivity contribution in [3.63, 3.8) is 0 Å². The van der Waals surface area contributed by atoms with Crippen LogP contribution in [0.5, 0.6) is 11.5 Å². The van der Waals surface area contributed by atoms with Crippen LogP contribution in [0.3, 0.4) is 0 Å². The fraction of sp³-hybridized carbons (Fsp3) is 0.345. The maximum Gasteiger partial charge on any atom is 0.256 e. The molecule has 0 bridgehead atoms. The number of carbonyl (C=O) groups is 1. The Balaban J connectivity index is 1.70. The van der Waals surface area contributed by atoms with Gasteiger partial charge in [0.15, 0.2) is 11.5 Å². The van der Waals surface area contributed by atoms with Crippen molar-refractivity contribution < 1.29 is 27.1 Å². The molecule has 1 aliphatic heterocycles. The van der Waals surface area contributed by atoms with E-state index in [2.05, 4.69) is 30.9 Å². The van der Waals surface area contributed by atoms with Gasteiger partial charge in [0.25, 0.3) is 5.91 Å². The second kappa shape index (κ2) is 11.5. The molecule has 208 valence electrons. The smallest absolute Gasteiger partial charge is 0.256 e. The molecular formula is C29H34FN3O5S. The van der Waals surface area contributed by atoms with E-state index in [9.17, 15) is 17.6 Å². The van der Waals surface area contributed by atoms with Crippen molar-refractivity contribution in [1.82, 2.24) is 4.90 Å². The molecule has 0 unspecified atom stereocenters. The highest BCUT2D eigenvalue weighted by atomic mass is 32.2. The van der Waals surface area contributed by atoms with Crippen LogP contribution in [0.15, 0.2) is 54.6 Å². The molecule has 10 heteroatoms. The molecule has 39 heavy (non-hydrogen) atoms. The maximum absolute atomic E-state index is 14.6. The third-order valence-electron chi connectivity index (χ3n) is 7.16. The summed E-state index contributed by atoms with van der Waals surface area (Å²) < 4.78 is 52.5.